The van der Waals surface area contributed by atoms with Gasteiger partial charge >= 0.3 is 17.8 Å². The molecule has 1 amide bonds. The summed E-state index contributed by atoms with van der Waals surface area (Å²) in [7, 11) is 0. The number of rotatable bonds is 5. The maximum atomic E-state index is 12.3. The van der Waals surface area contributed by atoms with E-state index in [9.17, 15) is 9.59 Å². The second-order valence-corrected chi connectivity index (χ2v) is 6.01. The Morgan fingerprint density at radius 1 is 1.18 bits per heavy atom. The van der Waals surface area contributed by atoms with Crippen LogP contribution in [0.15, 0.2) is 0 Å². The Bertz CT molecular complexity index is 467. The van der Waals surface area contributed by atoms with Crippen LogP contribution in [0.1, 0.15) is 47.5 Å². The van der Waals surface area contributed by atoms with Crippen LogP contribution in [0.25, 0.3) is 0 Å². The lowest BCUT2D eigenvalue weighted by molar-refractivity contribution is -0.167. The molecular weight excluding hydrogens is 286 g/mol. The van der Waals surface area contributed by atoms with E-state index < -0.39 is 23.4 Å². The van der Waals surface area contributed by atoms with Crippen LogP contribution >= 0.6 is 0 Å². The molecule has 1 aliphatic carbocycles. The Morgan fingerprint density at radius 3 is 2.27 bits per heavy atom. The zero-order valence-corrected chi connectivity index (χ0v) is 13.9. The summed E-state index contributed by atoms with van der Waals surface area (Å²) in [4.78, 5) is 24.3. The van der Waals surface area contributed by atoms with Crippen molar-refractivity contribution in [3.8, 4) is 11.8 Å². The number of hydrogen-bond acceptors (Lipinski definition) is 5. The Labute approximate surface area is 131 Å². The summed E-state index contributed by atoms with van der Waals surface area (Å²) in [5, 5.41) is 2.42. The smallest absolute Gasteiger partial charge is 0.411 e. The Balaban J connectivity index is 2.98. The summed E-state index contributed by atoms with van der Waals surface area (Å²) in [6.07, 6.45) is 1.20. The molecule has 1 rings (SSSR count). The van der Waals surface area contributed by atoms with Gasteiger partial charge in [-0.25, -0.2) is 9.59 Å². The molecule has 22 heavy (non-hydrogen) atoms. The second-order valence-electron chi connectivity index (χ2n) is 6.01. The molecule has 1 aliphatic rings. The van der Waals surface area contributed by atoms with Crippen LogP contribution in [0.3, 0.4) is 0 Å². The van der Waals surface area contributed by atoms with Crippen molar-refractivity contribution in [2.45, 2.75) is 58.8 Å². The zero-order valence-electron chi connectivity index (χ0n) is 13.9. The maximum Gasteiger partial charge on any atom is 0.411 e. The lowest BCUT2D eigenvalue weighted by Gasteiger charge is -2.28. The van der Waals surface area contributed by atoms with Crippen LogP contribution in [0.5, 0.6) is 0 Å². The normalized spacial score (nSPS) is 16.8. The fourth-order valence-corrected chi connectivity index (χ4v) is 1.59. The summed E-state index contributed by atoms with van der Waals surface area (Å²) in [6, 6.07) is 0. The first-order valence-electron chi connectivity index (χ1n) is 7.57. The van der Waals surface area contributed by atoms with Gasteiger partial charge in [0.1, 0.15) is 5.60 Å². The van der Waals surface area contributed by atoms with Crippen molar-refractivity contribution in [3.05, 3.63) is 0 Å². The summed E-state index contributed by atoms with van der Waals surface area (Å²) >= 11 is 0. The van der Waals surface area contributed by atoms with Gasteiger partial charge in [0, 0.05) is 12.5 Å². The van der Waals surface area contributed by atoms with Gasteiger partial charge in [-0.05, 0) is 53.4 Å². The van der Waals surface area contributed by atoms with Crippen molar-refractivity contribution >= 4 is 12.1 Å². The Kier molecular flexibility index (Phi) is 6.24. The Hall–Kier alpha value is -1.74. The van der Waals surface area contributed by atoms with Gasteiger partial charge < -0.3 is 14.2 Å². The van der Waals surface area contributed by atoms with Gasteiger partial charge in [-0.1, -0.05) is 5.92 Å². The molecule has 0 aromatic carbocycles. The first kappa shape index (κ1) is 18.3. The standard InChI is InChI=1S/C16H25NO5/c1-6-20-13(18)16(21-7-2,11-10-12-8-9-12)17-14(19)22-15(3,4)5/h12H,6-9H2,1-5H3,(H,17,19). The lowest BCUT2D eigenvalue weighted by Crippen LogP contribution is -2.57. The molecule has 6 heteroatoms. The average molecular weight is 311 g/mol. The van der Waals surface area contributed by atoms with E-state index in [0.717, 1.165) is 12.8 Å². The number of carbonyl (C=O) groups excluding carboxylic acids is 2. The van der Waals surface area contributed by atoms with E-state index in [0.29, 0.717) is 0 Å². The highest BCUT2D eigenvalue weighted by molar-refractivity contribution is 5.88. The quantitative estimate of drug-likeness (QED) is 0.479. The first-order chi connectivity index (χ1) is 10.2. The molecule has 1 N–H and O–H groups in total. The number of alkyl carbamates (subject to hydrolysis) is 1. The van der Waals surface area contributed by atoms with Crippen molar-refractivity contribution in [1.82, 2.24) is 5.32 Å². The summed E-state index contributed by atoms with van der Waals surface area (Å²) in [6.45, 7) is 8.93. The van der Waals surface area contributed by atoms with E-state index in [1.807, 2.05) is 0 Å². The highest BCUT2D eigenvalue weighted by atomic mass is 16.6. The number of hydrogen-bond donors (Lipinski definition) is 1. The minimum atomic E-state index is -1.82. The van der Waals surface area contributed by atoms with Crippen molar-refractivity contribution in [3.63, 3.8) is 0 Å². The van der Waals surface area contributed by atoms with E-state index in [1.54, 1.807) is 34.6 Å². The van der Waals surface area contributed by atoms with Gasteiger partial charge in [0.2, 0.25) is 0 Å². The van der Waals surface area contributed by atoms with E-state index in [-0.39, 0.29) is 19.1 Å². The molecule has 0 spiro atoms. The monoisotopic (exact) mass is 311 g/mol. The largest absolute Gasteiger partial charge is 0.462 e. The predicted molar refractivity (Wildman–Crippen MR) is 80.9 cm³/mol. The minimum absolute atomic E-state index is 0.161. The number of amides is 1. The molecular formula is C16H25NO5. The maximum absolute atomic E-state index is 12.3. The highest BCUT2D eigenvalue weighted by Crippen LogP contribution is 2.28. The van der Waals surface area contributed by atoms with Crippen molar-refractivity contribution in [2.24, 2.45) is 5.92 Å². The number of nitrogens with one attached hydrogen (secondary N) is 1. The summed E-state index contributed by atoms with van der Waals surface area (Å²) in [5.74, 6) is 5.19. The third kappa shape index (κ3) is 5.94. The molecule has 1 saturated carbocycles. The molecule has 0 heterocycles. The molecule has 0 saturated heterocycles. The molecule has 124 valence electrons. The van der Waals surface area contributed by atoms with Gasteiger partial charge in [-0.15, -0.1) is 0 Å². The fourth-order valence-electron chi connectivity index (χ4n) is 1.59. The van der Waals surface area contributed by atoms with Gasteiger partial charge in [0.25, 0.3) is 0 Å². The summed E-state index contributed by atoms with van der Waals surface area (Å²) < 4.78 is 15.6. The van der Waals surface area contributed by atoms with Gasteiger partial charge in [0.15, 0.2) is 0 Å². The number of carbonyl (C=O) groups is 2. The lowest BCUT2D eigenvalue weighted by atomic mass is 10.2. The van der Waals surface area contributed by atoms with Crippen LogP contribution in [0.4, 0.5) is 4.79 Å². The van der Waals surface area contributed by atoms with E-state index in [2.05, 4.69) is 17.2 Å². The number of ether oxygens (including phenoxy) is 3. The number of esters is 1. The van der Waals surface area contributed by atoms with E-state index >= 15 is 0 Å². The Morgan fingerprint density at radius 2 is 1.82 bits per heavy atom. The minimum Gasteiger partial charge on any atom is -0.462 e. The van der Waals surface area contributed by atoms with Crippen LogP contribution in [-0.4, -0.2) is 36.6 Å². The SMILES string of the molecule is CCOC(=O)C(C#CC1CC1)(NC(=O)OC(C)(C)C)OCC. The molecule has 1 atom stereocenters. The van der Waals surface area contributed by atoms with Gasteiger partial charge in [-0.2, -0.15) is 0 Å². The van der Waals surface area contributed by atoms with Crippen LogP contribution in [-0.2, 0) is 19.0 Å². The third-order valence-electron chi connectivity index (χ3n) is 2.63. The van der Waals surface area contributed by atoms with E-state index in [1.165, 1.54) is 0 Å². The second kappa shape index (κ2) is 7.50. The third-order valence-corrected chi connectivity index (χ3v) is 2.63. The molecule has 0 aliphatic heterocycles. The summed E-state index contributed by atoms with van der Waals surface area (Å²) in [5.41, 5.74) is -2.52. The predicted octanol–water partition coefficient (Wildman–Crippen LogP) is 2.22. The van der Waals surface area contributed by atoms with Gasteiger partial charge in [-0.3, -0.25) is 5.32 Å². The van der Waals surface area contributed by atoms with Crippen LogP contribution in [0.2, 0.25) is 0 Å². The van der Waals surface area contributed by atoms with Gasteiger partial charge in [0.05, 0.1) is 6.61 Å². The molecule has 0 radical (unpaired) electrons. The molecule has 0 aromatic heterocycles. The molecule has 1 unspecified atom stereocenters. The fraction of sp³-hybridized carbons (Fsp3) is 0.750. The van der Waals surface area contributed by atoms with Crippen LogP contribution in [0, 0.1) is 17.8 Å². The molecule has 1 fully saturated rings. The van der Waals surface area contributed by atoms with Crippen molar-refractivity contribution in [1.29, 1.82) is 0 Å². The van der Waals surface area contributed by atoms with Crippen LogP contribution < -0.4 is 5.32 Å². The molecule has 0 bridgehead atoms. The van der Waals surface area contributed by atoms with Crippen molar-refractivity contribution in [2.75, 3.05) is 13.2 Å². The molecule has 6 nitrogen and oxygen atoms in total. The van der Waals surface area contributed by atoms with Crippen molar-refractivity contribution < 1.29 is 23.8 Å². The highest BCUT2D eigenvalue weighted by Gasteiger charge is 2.43. The van der Waals surface area contributed by atoms with E-state index in [4.69, 9.17) is 14.2 Å². The molecule has 0 aromatic rings. The topological polar surface area (TPSA) is 73.9 Å². The first-order valence-corrected chi connectivity index (χ1v) is 7.57. The average Bonchev–Trinajstić information content (AvgIpc) is 3.18. The zero-order chi connectivity index (χ0) is 16.8.